The first-order valence-corrected chi connectivity index (χ1v) is 14.1. The van der Waals surface area contributed by atoms with E-state index < -0.39 is 18.3 Å². The van der Waals surface area contributed by atoms with Gasteiger partial charge in [0.2, 0.25) is 0 Å². The summed E-state index contributed by atoms with van der Waals surface area (Å²) in [7, 11) is -0.504. The second kappa shape index (κ2) is 10.9. The Morgan fingerprint density at radius 3 is 1.66 bits per heavy atom. The van der Waals surface area contributed by atoms with Crippen LogP contribution in [0.2, 0.25) is 0 Å². The summed E-state index contributed by atoms with van der Waals surface area (Å²) in [5, 5.41) is 3.73. The van der Waals surface area contributed by atoms with Crippen molar-refractivity contribution in [2.24, 2.45) is 0 Å². The first kappa shape index (κ1) is 26.9. The maximum absolute atomic E-state index is 6.52. The third-order valence-corrected chi connectivity index (χ3v) is 8.08. The highest BCUT2D eigenvalue weighted by Crippen LogP contribution is 2.39. The molecule has 1 aliphatic rings. The van der Waals surface area contributed by atoms with E-state index in [-0.39, 0.29) is 0 Å². The first-order valence-electron chi connectivity index (χ1n) is 14.1. The fourth-order valence-corrected chi connectivity index (χ4v) is 5.13. The molecule has 1 N–H and O–H groups in total. The Bertz CT molecular complexity index is 1570. The predicted molar refractivity (Wildman–Crippen MR) is 172 cm³/mol. The molecule has 0 saturated carbocycles. The van der Waals surface area contributed by atoms with E-state index in [2.05, 4.69) is 153 Å². The summed E-state index contributed by atoms with van der Waals surface area (Å²) in [4.78, 5) is 2.26. The lowest BCUT2D eigenvalue weighted by molar-refractivity contribution is 0.00578. The van der Waals surface area contributed by atoms with Crippen LogP contribution in [0.4, 0.5) is 28.4 Å². The standard InChI is InChI=1S/C36H35BN2O2/c1-35(2)36(3,4)41-37(40-35)33-24-23-32(39(30-19-10-6-11-20-30)31-21-12-7-13-22-31)26-34(33)38-29-18-14-17-28(25-29)27-15-8-5-9-16-27/h5-26,38H,1-4H3. The van der Waals surface area contributed by atoms with E-state index in [9.17, 15) is 0 Å². The maximum atomic E-state index is 6.52. The molecule has 6 rings (SSSR count). The molecule has 5 heteroatoms. The van der Waals surface area contributed by atoms with Crippen molar-refractivity contribution in [3.63, 3.8) is 0 Å². The second-order valence-corrected chi connectivity index (χ2v) is 11.4. The van der Waals surface area contributed by atoms with Crippen molar-refractivity contribution in [1.29, 1.82) is 0 Å². The highest BCUT2D eigenvalue weighted by atomic mass is 16.7. The summed E-state index contributed by atoms with van der Waals surface area (Å²) >= 11 is 0. The van der Waals surface area contributed by atoms with Crippen LogP contribution in [-0.2, 0) is 9.31 Å². The lowest BCUT2D eigenvalue weighted by Crippen LogP contribution is -2.41. The summed E-state index contributed by atoms with van der Waals surface area (Å²) in [6, 6.07) is 46.3. The normalized spacial score (nSPS) is 15.5. The fraction of sp³-hybridized carbons (Fsp3) is 0.167. The minimum Gasteiger partial charge on any atom is -0.399 e. The van der Waals surface area contributed by atoms with Crippen LogP contribution in [0.1, 0.15) is 27.7 Å². The molecule has 0 unspecified atom stereocenters. The molecule has 0 bridgehead atoms. The van der Waals surface area contributed by atoms with Gasteiger partial charge in [-0.2, -0.15) is 0 Å². The maximum Gasteiger partial charge on any atom is 0.496 e. The molecule has 204 valence electrons. The largest absolute Gasteiger partial charge is 0.496 e. The molecule has 41 heavy (non-hydrogen) atoms. The second-order valence-electron chi connectivity index (χ2n) is 11.4. The summed E-state index contributed by atoms with van der Waals surface area (Å²) in [6.45, 7) is 8.35. The van der Waals surface area contributed by atoms with E-state index in [1.165, 1.54) is 5.56 Å². The molecule has 1 aliphatic heterocycles. The lowest BCUT2D eigenvalue weighted by atomic mass is 9.77. The average molecular weight is 539 g/mol. The fourth-order valence-electron chi connectivity index (χ4n) is 5.13. The van der Waals surface area contributed by atoms with Crippen LogP contribution < -0.4 is 15.7 Å². The van der Waals surface area contributed by atoms with Gasteiger partial charge >= 0.3 is 7.12 Å². The highest BCUT2D eigenvalue weighted by Gasteiger charge is 2.52. The topological polar surface area (TPSA) is 33.7 Å². The smallest absolute Gasteiger partial charge is 0.399 e. The minimum absolute atomic E-state index is 0.444. The summed E-state index contributed by atoms with van der Waals surface area (Å²) in [6.07, 6.45) is 0. The van der Waals surface area contributed by atoms with Gasteiger partial charge in [0.15, 0.2) is 0 Å². The van der Waals surface area contributed by atoms with Crippen LogP contribution in [0.15, 0.2) is 133 Å². The molecular formula is C36H35BN2O2. The third-order valence-electron chi connectivity index (χ3n) is 8.08. The van der Waals surface area contributed by atoms with E-state index in [1.54, 1.807) is 0 Å². The molecule has 0 aromatic heterocycles. The number of anilines is 5. The van der Waals surface area contributed by atoms with Gasteiger partial charge < -0.3 is 19.5 Å². The van der Waals surface area contributed by atoms with Gasteiger partial charge in [-0.05, 0) is 87.4 Å². The Hall–Kier alpha value is -4.32. The van der Waals surface area contributed by atoms with Crippen molar-refractivity contribution in [2.45, 2.75) is 38.9 Å². The Kier molecular flexibility index (Phi) is 7.16. The monoisotopic (exact) mass is 538 g/mol. The number of benzene rings is 5. The van der Waals surface area contributed by atoms with Gasteiger partial charge in [-0.3, -0.25) is 0 Å². The van der Waals surface area contributed by atoms with Gasteiger partial charge in [0.25, 0.3) is 0 Å². The van der Waals surface area contributed by atoms with Crippen LogP contribution in [0, 0.1) is 0 Å². The van der Waals surface area contributed by atoms with Crippen LogP contribution in [0.25, 0.3) is 11.1 Å². The molecule has 0 atom stereocenters. The van der Waals surface area contributed by atoms with Gasteiger partial charge in [0.1, 0.15) is 0 Å². The van der Waals surface area contributed by atoms with E-state index in [0.29, 0.717) is 0 Å². The molecule has 0 radical (unpaired) electrons. The average Bonchev–Trinajstić information content (AvgIpc) is 3.21. The predicted octanol–water partition coefficient (Wildman–Crippen LogP) is 8.87. The van der Waals surface area contributed by atoms with Crippen LogP contribution >= 0.6 is 0 Å². The number of rotatable bonds is 7. The van der Waals surface area contributed by atoms with E-state index in [4.69, 9.17) is 9.31 Å². The van der Waals surface area contributed by atoms with Crippen LogP contribution in [-0.4, -0.2) is 18.3 Å². The Morgan fingerprint density at radius 2 is 1.07 bits per heavy atom. The molecular weight excluding hydrogens is 503 g/mol. The Morgan fingerprint density at radius 1 is 0.537 bits per heavy atom. The van der Waals surface area contributed by atoms with Gasteiger partial charge in [-0.1, -0.05) is 84.9 Å². The van der Waals surface area contributed by atoms with Crippen LogP contribution in [0.5, 0.6) is 0 Å². The zero-order chi connectivity index (χ0) is 28.5. The summed E-state index contributed by atoms with van der Waals surface area (Å²) in [5.41, 5.74) is 7.52. The highest BCUT2D eigenvalue weighted by molar-refractivity contribution is 6.64. The van der Waals surface area contributed by atoms with E-state index in [1.807, 2.05) is 18.2 Å². The summed E-state index contributed by atoms with van der Waals surface area (Å²) in [5.74, 6) is 0. The van der Waals surface area contributed by atoms with Gasteiger partial charge in [-0.15, -0.1) is 0 Å². The minimum atomic E-state index is -0.504. The SMILES string of the molecule is CC1(C)OB(c2ccc(N(c3ccccc3)c3ccccc3)cc2Nc2cccc(-c3ccccc3)c2)OC1(C)C. The van der Waals surface area contributed by atoms with Crippen molar-refractivity contribution in [3.05, 3.63) is 133 Å². The number of para-hydroxylation sites is 2. The quantitative estimate of drug-likeness (QED) is 0.210. The molecule has 0 spiro atoms. The Balaban J connectivity index is 1.45. The number of nitrogens with zero attached hydrogens (tertiary/aromatic N) is 1. The molecule has 1 saturated heterocycles. The molecule has 1 heterocycles. The Labute approximate surface area is 243 Å². The number of hydrogen-bond donors (Lipinski definition) is 1. The third kappa shape index (κ3) is 5.52. The van der Waals surface area contributed by atoms with Crippen molar-refractivity contribution in [1.82, 2.24) is 0 Å². The van der Waals surface area contributed by atoms with Crippen molar-refractivity contribution >= 4 is 41.0 Å². The number of nitrogens with one attached hydrogen (secondary N) is 1. The van der Waals surface area contributed by atoms with E-state index in [0.717, 1.165) is 39.5 Å². The van der Waals surface area contributed by atoms with Gasteiger partial charge in [-0.25, -0.2) is 0 Å². The van der Waals surface area contributed by atoms with Gasteiger partial charge in [0.05, 0.1) is 11.2 Å². The van der Waals surface area contributed by atoms with Crippen LogP contribution in [0.3, 0.4) is 0 Å². The molecule has 4 nitrogen and oxygen atoms in total. The summed E-state index contributed by atoms with van der Waals surface area (Å²) < 4.78 is 13.0. The zero-order valence-electron chi connectivity index (χ0n) is 24.0. The molecule has 1 fully saturated rings. The zero-order valence-corrected chi connectivity index (χ0v) is 24.0. The molecule has 0 amide bonds. The molecule has 0 aliphatic carbocycles. The van der Waals surface area contributed by atoms with Crippen molar-refractivity contribution in [3.8, 4) is 11.1 Å². The number of hydrogen-bond acceptors (Lipinski definition) is 4. The van der Waals surface area contributed by atoms with Gasteiger partial charge in [0, 0.05) is 33.9 Å². The van der Waals surface area contributed by atoms with Crippen molar-refractivity contribution < 1.29 is 9.31 Å². The lowest BCUT2D eigenvalue weighted by Gasteiger charge is -2.32. The first-order chi connectivity index (χ1) is 19.8. The van der Waals surface area contributed by atoms with Crippen molar-refractivity contribution in [2.75, 3.05) is 10.2 Å². The van der Waals surface area contributed by atoms with E-state index >= 15 is 0 Å². The molecule has 5 aromatic rings. The molecule has 5 aromatic carbocycles.